The molecule has 0 amide bonds. The summed E-state index contributed by atoms with van der Waals surface area (Å²) >= 11 is 0. The van der Waals surface area contributed by atoms with Gasteiger partial charge in [0.2, 0.25) is 0 Å². The van der Waals surface area contributed by atoms with Crippen molar-refractivity contribution >= 4 is 0 Å². The Balaban J connectivity index is 2.42. The Labute approximate surface area is 85.5 Å². The molecule has 1 aromatic heterocycles. The smallest absolute Gasteiger partial charge is 0.0887 e. The normalized spacial score (nSPS) is 10.4. The molecule has 0 aliphatic heterocycles. The van der Waals surface area contributed by atoms with E-state index in [0.29, 0.717) is 6.61 Å². The first-order chi connectivity index (χ1) is 6.86. The number of nitrogens with zero attached hydrogens (tertiary/aromatic N) is 1. The fraction of sp³-hybridized carbons (Fsp3) is 0.545. The number of ether oxygens (including phenoxy) is 1. The zero-order valence-corrected chi connectivity index (χ0v) is 8.92. The first kappa shape index (κ1) is 11.1. The maximum atomic E-state index is 5.26. The summed E-state index contributed by atoms with van der Waals surface area (Å²) < 4.78 is 5.26. The van der Waals surface area contributed by atoms with Crippen LogP contribution in [0, 0.1) is 0 Å². The molecule has 3 heteroatoms. The topological polar surface area (TPSA) is 34.1 Å². The molecule has 1 heterocycles. The van der Waals surface area contributed by atoms with Crippen molar-refractivity contribution in [1.29, 1.82) is 0 Å². The minimum absolute atomic E-state index is 0.609. The second-order valence-electron chi connectivity index (χ2n) is 3.08. The van der Waals surface area contributed by atoms with Gasteiger partial charge in [0.15, 0.2) is 0 Å². The maximum Gasteiger partial charge on any atom is 0.0887 e. The molecule has 14 heavy (non-hydrogen) atoms. The van der Waals surface area contributed by atoms with Gasteiger partial charge in [-0.25, -0.2) is 0 Å². The molecule has 0 aromatic carbocycles. The number of nitrogens with one attached hydrogen (secondary N) is 1. The van der Waals surface area contributed by atoms with E-state index in [2.05, 4.69) is 23.3 Å². The van der Waals surface area contributed by atoms with Gasteiger partial charge in [-0.1, -0.05) is 13.0 Å². The van der Waals surface area contributed by atoms with Crippen molar-refractivity contribution in [3.63, 3.8) is 0 Å². The van der Waals surface area contributed by atoms with Gasteiger partial charge in [0.05, 0.1) is 12.3 Å². The van der Waals surface area contributed by atoms with Crippen LogP contribution < -0.4 is 5.32 Å². The van der Waals surface area contributed by atoms with Gasteiger partial charge in [-0.05, 0) is 25.1 Å². The molecule has 3 nitrogen and oxygen atoms in total. The van der Waals surface area contributed by atoms with Crippen LogP contribution in [0.25, 0.3) is 0 Å². The van der Waals surface area contributed by atoms with E-state index in [1.165, 1.54) is 5.56 Å². The van der Waals surface area contributed by atoms with Crippen LogP contribution in [0.2, 0.25) is 0 Å². The van der Waals surface area contributed by atoms with Gasteiger partial charge in [0.25, 0.3) is 0 Å². The van der Waals surface area contributed by atoms with Crippen LogP contribution in [0.4, 0.5) is 0 Å². The molecule has 0 aliphatic carbocycles. The van der Waals surface area contributed by atoms with E-state index in [4.69, 9.17) is 4.74 Å². The molecule has 0 radical (unpaired) electrons. The first-order valence-corrected chi connectivity index (χ1v) is 5.09. The quantitative estimate of drug-likeness (QED) is 0.749. The fourth-order valence-electron chi connectivity index (χ4n) is 1.12. The summed E-state index contributed by atoms with van der Waals surface area (Å²) in [5, 5.41) is 3.26. The van der Waals surface area contributed by atoms with Gasteiger partial charge < -0.3 is 10.1 Å². The van der Waals surface area contributed by atoms with Crippen molar-refractivity contribution in [1.82, 2.24) is 10.3 Å². The largest absolute Gasteiger partial charge is 0.375 e. The summed E-state index contributed by atoms with van der Waals surface area (Å²) in [4.78, 5) is 4.30. The highest BCUT2D eigenvalue weighted by atomic mass is 16.5. The van der Waals surface area contributed by atoms with E-state index in [1.54, 1.807) is 0 Å². The highest BCUT2D eigenvalue weighted by molar-refractivity contribution is 5.13. The van der Waals surface area contributed by atoms with Gasteiger partial charge in [-0.15, -0.1) is 0 Å². The number of pyridine rings is 1. The third-order valence-corrected chi connectivity index (χ3v) is 1.92. The molecule has 0 spiro atoms. The van der Waals surface area contributed by atoms with E-state index in [9.17, 15) is 0 Å². The van der Waals surface area contributed by atoms with Crippen molar-refractivity contribution in [3.8, 4) is 0 Å². The van der Waals surface area contributed by atoms with Crippen molar-refractivity contribution in [2.75, 3.05) is 13.2 Å². The lowest BCUT2D eigenvalue weighted by molar-refractivity contribution is 0.131. The summed E-state index contributed by atoms with van der Waals surface area (Å²) in [5.41, 5.74) is 2.21. The minimum atomic E-state index is 0.609. The lowest BCUT2D eigenvalue weighted by Gasteiger charge is -2.03. The molecule has 0 saturated heterocycles. The molecule has 0 saturated carbocycles. The Hall–Kier alpha value is -0.930. The van der Waals surface area contributed by atoms with E-state index >= 15 is 0 Å². The summed E-state index contributed by atoms with van der Waals surface area (Å²) in [7, 11) is 0. The average molecular weight is 194 g/mol. The predicted octanol–water partition coefficient (Wildman–Crippen LogP) is 1.73. The number of hydrogen-bond acceptors (Lipinski definition) is 3. The lowest BCUT2D eigenvalue weighted by Crippen LogP contribution is -2.12. The van der Waals surface area contributed by atoms with Crippen LogP contribution >= 0.6 is 0 Å². The monoisotopic (exact) mass is 194 g/mol. The molecule has 78 valence electrons. The van der Waals surface area contributed by atoms with Crippen molar-refractivity contribution in [3.05, 3.63) is 29.6 Å². The van der Waals surface area contributed by atoms with Gasteiger partial charge in [-0.3, -0.25) is 4.98 Å². The molecule has 1 N–H and O–H groups in total. The molecule has 0 fully saturated rings. The second kappa shape index (κ2) is 6.51. The summed E-state index contributed by atoms with van der Waals surface area (Å²) in [6.45, 7) is 7.30. The van der Waals surface area contributed by atoms with Crippen LogP contribution in [0.15, 0.2) is 18.3 Å². The highest BCUT2D eigenvalue weighted by Gasteiger charge is 1.95. The van der Waals surface area contributed by atoms with Crippen LogP contribution in [-0.4, -0.2) is 18.1 Å². The van der Waals surface area contributed by atoms with Gasteiger partial charge in [-0.2, -0.15) is 0 Å². The average Bonchev–Trinajstić information content (AvgIpc) is 2.25. The molecule has 0 aliphatic rings. The third-order valence-electron chi connectivity index (χ3n) is 1.92. The summed E-state index contributed by atoms with van der Waals surface area (Å²) in [6, 6.07) is 4.10. The molecule has 0 bridgehead atoms. The molecular weight excluding hydrogens is 176 g/mol. The van der Waals surface area contributed by atoms with Crippen LogP contribution in [-0.2, 0) is 17.9 Å². The molecule has 1 rings (SSSR count). The Morgan fingerprint density at radius 3 is 2.79 bits per heavy atom. The van der Waals surface area contributed by atoms with Gasteiger partial charge in [0, 0.05) is 19.3 Å². The SMILES string of the molecule is CCNCc1ccc(COCC)nc1. The standard InChI is InChI=1S/C11H18N2O/c1-3-12-7-10-5-6-11(13-8-10)9-14-4-2/h5-6,8,12H,3-4,7,9H2,1-2H3. The van der Waals surface area contributed by atoms with Crippen LogP contribution in [0.5, 0.6) is 0 Å². The molecule has 0 unspecified atom stereocenters. The van der Waals surface area contributed by atoms with Crippen molar-refractivity contribution in [2.45, 2.75) is 27.0 Å². The Kier molecular flexibility index (Phi) is 5.19. The zero-order chi connectivity index (χ0) is 10.2. The minimum Gasteiger partial charge on any atom is -0.375 e. The predicted molar refractivity (Wildman–Crippen MR) is 56.9 cm³/mol. The Morgan fingerprint density at radius 2 is 2.21 bits per heavy atom. The number of hydrogen-bond donors (Lipinski definition) is 1. The van der Waals surface area contributed by atoms with Crippen LogP contribution in [0.3, 0.4) is 0 Å². The van der Waals surface area contributed by atoms with E-state index in [-0.39, 0.29) is 0 Å². The second-order valence-corrected chi connectivity index (χ2v) is 3.08. The number of rotatable bonds is 6. The Bertz CT molecular complexity index is 219. The van der Waals surface area contributed by atoms with E-state index < -0.39 is 0 Å². The first-order valence-electron chi connectivity index (χ1n) is 5.09. The van der Waals surface area contributed by atoms with E-state index in [0.717, 1.165) is 25.4 Å². The third kappa shape index (κ3) is 3.85. The number of aromatic nitrogens is 1. The summed E-state index contributed by atoms with van der Waals surface area (Å²) in [5.74, 6) is 0. The van der Waals surface area contributed by atoms with Crippen molar-refractivity contribution in [2.24, 2.45) is 0 Å². The Morgan fingerprint density at radius 1 is 1.36 bits per heavy atom. The van der Waals surface area contributed by atoms with Gasteiger partial charge >= 0.3 is 0 Å². The van der Waals surface area contributed by atoms with Crippen LogP contribution in [0.1, 0.15) is 25.1 Å². The molecular formula is C11H18N2O. The fourth-order valence-corrected chi connectivity index (χ4v) is 1.12. The van der Waals surface area contributed by atoms with E-state index in [1.807, 2.05) is 19.2 Å². The molecule has 1 aromatic rings. The molecule has 0 atom stereocenters. The lowest BCUT2D eigenvalue weighted by atomic mass is 10.2. The summed E-state index contributed by atoms with van der Waals surface area (Å²) in [6.07, 6.45) is 1.90. The maximum absolute atomic E-state index is 5.26. The zero-order valence-electron chi connectivity index (χ0n) is 8.92. The van der Waals surface area contributed by atoms with Crippen molar-refractivity contribution < 1.29 is 4.74 Å². The highest BCUT2D eigenvalue weighted by Crippen LogP contribution is 2.01. The van der Waals surface area contributed by atoms with Gasteiger partial charge in [0.1, 0.15) is 0 Å².